The van der Waals surface area contributed by atoms with E-state index in [2.05, 4.69) is 24.9 Å². The second-order valence-corrected chi connectivity index (χ2v) is 9.35. The third-order valence-electron chi connectivity index (χ3n) is 6.31. The molecule has 1 N–H and O–H groups in total. The summed E-state index contributed by atoms with van der Waals surface area (Å²) in [5.41, 5.74) is 2.10. The topological polar surface area (TPSA) is 67.9 Å². The Morgan fingerprint density at radius 1 is 1.39 bits per heavy atom. The second-order valence-electron chi connectivity index (χ2n) is 8.51. The first kappa shape index (κ1) is 22.1. The quantitative estimate of drug-likeness (QED) is 0.300. The van der Waals surface area contributed by atoms with Crippen molar-refractivity contribution < 1.29 is 19.1 Å². The highest BCUT2D eigenvalue weighted by molar-refractivity contribution is 6.35. The number of fused-ring (bicyclic) bond motifs is 3. The number of ether oxygens (including phenoxy) is 2. The van der Waals surface area contributed by atoms with E-state index in [4.69, 9.17) is 32.7 Å². The van der Waals surface area contributed by atoms with Crippen LogP contribution in [0.2, 0.25) is 10.0 Å². The zero-order valence-corrected chi connectivity index (χ0v) is 18.8. The third kappa shape index (κ3) is 4.89. The fourth-order valence-corrected chi connectivity index (χ4v) is 4.81. The van der Waals surface area contributed by atoms with Gasteiger partial charge in [-0.25, -0.2) is 4.79 Å². The van der Waals surface area contributed by atoms with E-state index in [1.807, 2.05) is 0 Å². The zero-order chi connectivity index (χ0) is 22.2. The molecule has 2 fully saturated rings. The van der Waals surface area contributed by atoms with E-state index in [9.17, 15) is 9.59 Å². The highest BCUT2D eigenvalue weighted by Crippen LogP contribution is 2.49. The first-order chi connectivity index (χ1) is 14.8. The van der Waals surface area contributed by atoms with Gasteiger partial charge < -0.3 is 14.8 Å². The summed E-state index contributed by atoms with van der Waals surface area (Å²) in [6, 6.07) is 5.13. The van der Waals surface area contributed by atoms with Crippen molar-refractivity contribution >= 4 is 41.2 Å². The number of hydrogen-bond donors (Lipinski definition) is 1. The highest BCUT2D eigenvalue weighted by Gasteiger charge is 2.61. The van der Waals surface area contributed by atoms with Crippen molar-refractivity contribution in [3.8, 4) is 0 Å². The molecule has 0 radical (unpaired) electrons. The van der Waals surface area contributed by atoms with Crippen molar-refractivity contribution in [3.05, 3.63) is 63.7 Å². The number of carbonyl (C=O) groups is 2. The average Bonchev–Trinajstić information content (AvgIpc) is 3.31. The van der Waals surface area contributed by atoms with Crippen LogP contribution in [0.3, 0.4) is 0 Å². The summed E-state index contributed by atoms with van der Waals surface area (Å²) in [5.74, 6) is -0.580. The van der Waals surface area contributed by atoms with Gasteiger partial charge in [0.25, 0.3) is 0 Å². The highest BCUT2D eigenvalue weighted by atomic mass is 35.5. The number of epoxide rings is 1. The van der Waals surface area contributed by atoms with E-state index in [1.165, 1.54) is 6.08 Å². The molecule has 0 spiro atoms. The summed E-state index contributed by atoms with van der Waals surface area (Å²) in [5, 5.41) is 3.97. The second kappa shape index (κ2) is 8.81. The number of esters is 1. The maximum absolute atomic E-state index is 12.3. The minimum Gasteiger partial charge on any atom is -0.455 e. The van der Waals surface area contributed by atoms with Gasteiger partial charge in [0.2, 0.25) is 5.91 Å². The van der Waals surface area contributed by atoms with Crippen LogP contribution in [-0.4, -0.2) is 36.2 Å². The van der Waals surface area contributed by atoms with E-state index < -0.39 is 0 Å². The average molecular weight is 462 g/mol. The third-order valence-corrected chi connectivity index (χ3v) is 6.87. The van der Waals surface area contributed by atoms with Crippen molar-refractivity contribution in [2.24, 2.45) is 5.92 Å². The molecule has 0 saturated carbocycles. The minimum absolute atomic E-state index is 0.0523. The van der Waals surface area contributed by atoms with Crippen molar-refractivity contribution in [1.29, 1.82) is 0 Å². The van der Waals surface area contributed by atoms with Crippen LogP contribution in [-0.2, 0) is 19.1 Å². The molecule has 2 aliphatic heterocycles. The van der Waals surface area contributed by atoms with E-state index in [0.717, 1.165) is 36.8 Å². The molecule has 1 aromatic rings. The largest absolute Gasteiger partial charge is 0.455 e. The first-order valence-electron chi connectivity index (χ1n) is 10.4. The number of amides is 1. The normalized spacial score (nSPS) is 30.3. The molecule has 2 heterocycles. The molecule has 4 rings (SSSR count). The van der Waals surface area contributed by atoms with E-state index >= 15 is 0 Å². The van der Waals surface area contributed by atoms with Crippen molar-refractivity contribution in [2.45, 2.75) is 50.4 Å². The van der Waals surface area contributed by atoms with Crippen LogP contribution in [0, 0.1) is 5.92 Å². The van der Waals surface area contributed by atoms with Gasteiger partial charge in [0.15, 0.2) is 0 Å². The zero-order valence-electron chi connectivity index (χ0n) is 17.3. The summed E-state index contributed by atoms with van der Waals surface area (Å²) in [4.78, 5) is 24.4. The minimum atomic E-state index is -0.322. The number of hydrogen-bond acceptors (Lipinski definition) is 4. The predicted molar refractivity (Wildman–Crippen MR) is 121 cm³/mol. The Balaban J connectivity index is 1.38. The van der Waals surface area contributed by atoms with Crippen LogP contribution in [0.5, 0.6) is 0 Å². The molecular formula is C24H25Cl2NO4. The smallest absolute Gasteiger partial charge is 0.334 e. The lowest BCUT2D eigenvalue weighted by Gasteiger charge is -2.20. The SMILES string of the molecule is C=C1C(=O)O[C@H]2[C@H]1CCC(CNC(=O)C=Cc1ccc(Cl)cc1Cl)=CCC[C@@]1(C)O[C@@H]21. The maximum atomic E-state index is 12.3. The Bertz CT molecular complexity index is 986. The summed E-state index contributed by atoms with van der Waals surface area (Å²) >= 11 is 12.0. The molecular weight excluding hydrogens is 437 g/mol. The van der Waals surface area contributed by atoms with Gasteiger partial charge in [-0.15, -0.1) is 0 Å². The Hall–Kier alpha value is -2.08. The van der Waals surface area contributed by atoms with Crippen molar-refractivity contribution in [2.75, 3.05) is 6.54 Å². The lowest BCUT2D eigenvalue weighted by Crippen LogP contribution is -2.29. The first-order valence-corrected chi connectivity index (χ1v) is 11.2. The number of halogens is 2. The molecule has 0 aromatic heterocycles. The van der Waals surface area contributed by atoms with Gasteiger partial charge >= 0.3 is 5.97 Å². The Labute approximate surface area is 192 Å². The van der Waals surface area contributed by atoms with Crippen LogP contribution >= 0.6 is 23.2 Å². The van der Waals surface area contributed by atoms with Gasteiger partial charge in [0, 0.05) is 34.2 Å². The number of benzene rings is 1. The molecule has 2 saturated heterocycles. The molecule has 4 atom stereocenters. The molecule has 1 amide bonds. The van der Waals surface area contributed by atoms with Gasteiger partial charge in [-0.05, 0) is 56.4 Å². The Kier molecular flexibility index (Phi) is 6.29. The molecule has 3 aliphatic rings. The lowest BCUT2D eigenvalue weighted by atomic mass is 9.84. The fraction of sp³-hybridized carbons (Fsp3) is 0.417. The summed E-state index contributed by atoms with van der Waals surface area (Å²) < 4.78 is 11.5. The van der Waals surface area contributed by atoms with Gasteiger partial charge in [0.05, 0.1) is 5.60 Å². The maximum Gasteiger partial charge on any atom is 0.334 e. The molecule has 0 bridgehead atoms. The monoisotopic (exact) mass is 461 g/mol. The van der Waals surface area contributed by atoms with Gasteiger partial charge in [0.1, 0.15) is 12.2 Å². The molecule has 31 heavy (non-hydrogen) atoms. The van der Waals surface area contributed by atoms with E-state index in [-0.39, 0.29) is 35.6 Å². The van der Waals surface area contributed by atoms with Crippen LogP contribution in [0.4, 0.5) is 0 Å². The lowest BCUT2D eigenvalue weighted by molar-refractivity contribution is -0.140. The molecule has 5 nitrogen and oxygen atoms in total. The molecule has 1 aromatic carbocycles. The Morgan fingerprint density at radius 3 is 2.97 bits per heavy atom. The molecule has 7 heteroatoms. The predicted octanol–water partition coefficient (Wildman–Crippen LogP) is 4.88. The summed E-state index contributed by atoms with van der Waals surface area (Å²) in [6.07, 6.45) is 8.17. The molecule has 0 unspecified atom stereocenters. The van der Waals surface area contributed by atoms with Crippen molar-refractivity contribution in [1.82, 2.24) is 5.32 Å². The van der Waals surface area contributed by atoms with Gasteiger partial charge in [-0.3, -0.25) is 4.79 Å². The standard InChI is InChI=1S/C24H25Cl2NO4/c1-14-18-9-5-15(4-3-11-24(2)22(31-24)21(18)30-23(14)29)13-27-20(28)10-7-16-6-8-17(25)12-19(16)26/h4,6-8,10,12,18,21-22H,1,3,5,9,11,13H2,2H3,(H,27,28)/t18-,21-,22-,24+/m0/s1. The molecule has 164 valence electrons. The number of nitrogens with one attached hydrogen (secondary N) is 1. The van der Waals surface area contributed by atoms with Crippen LogP contribution in [0.1, 0.15) is 38.2 Å². The Morgan fingerprint density at radius 2 is 2.19 bits per heavy atom. The fourth-order valence-electron chi connectivity index (χ4n) is 4.34. The number of rotatable bonds is 4. The van der Waals surface area contributed by atoms with Crippen LogP contribution in [0.15, 0.2) is 48.1 Å². The number of allylic oxidation sites excluding steroid dienone is 1. The molecule has 1 aliphatic carbocycles. The van der Waals surface area contributed by atoms with E-state index in [0.29, 0.717) is 22.2 Å². The van der Waals surface area contributed by atoms with Crippen LogP contribution in [0.25, 0.3) is 6.08 Å². The van der Waals surface area contributed by atoms with Crippen LogP contribution < -0.4 is 5.32 Å². The summed E-state index contributed by atoms with van der Waals surface area (Å²) in [7, 11) is 0. The summed E-state index contributed by atoms with van der Waals surface area (Å²) in [6.45, 7) is 6.44. The number of carbonyl (C=O) groups excluding carboxylic acids is 2. The van der Waals surface area contributed by atoms with Gasteiger partial charge in [-0.2, -0.15) is 0 Å². The van der Waals surface area contributed by atoms with E-state index in [1.54, 1.807) is 24.3 Å². The van der Waals surface area contributed by atoms with Gasteiger partial charge in [-0.1, -0.05) is 47.5 Å². The van der Waals surface area contributed by atoms with Crippen molar-refractivity contribution in [3.63, 3.8) is 0 Å².